The topological polar surface area (TPSA) is 50.1 Å². The average molecular weight is 261 g/mol. The van der Waals surface area contributed by atoms with Crippen molar-refractivity contribution in [3.05, 3.63) is 30.1 Å². The van der Waals surface area contributed by atoms with Crippen LogP contribution in [0.25, 0.3) is 11.0 Å². The number of hydrogen-bond acceptors (Lipinski definition) is 3. The second-order valence-electron chi connectivity index (χ2n) is 5.02. The van der Waals surface area contributed by atoms with Crippen LogP contribution in [0.5, 0.6) is 0 Å². The Bertz CT molecular complexity index is 535. The van der Waals surface area contributed by atoms with Gasteiger partial charge >= 0.3 is 0 Å². The number of rotatable bonds is 6. The van der Waals surface area contributed by atoms with Gasteiger partial charge in [-0.05, 0) is 31.9 Å². The number of aromatic nitrogens is 2. The molecule has 1 aromatic carbocycles. The molecule has 0 saturated heterocycles. The molecule has 2 N–H and O–H groups in total. The molecule has 0 radical (unpaired) electrons. The van der Waals surface area contributed by atoms with Crippen LogP contribution >= 0.6 is 0 Å². The first kappa shape index (κ1) is 14.0. The highest BCUT2D eigenvalue weighted by molar-refractivity contribution is 5.75. The number of nitrogens with one attached hydrogen (secondary N) is 1. The summed E-state index contributed by atoms with van der Waals surface area (Å²) in [6, 6.07) is 8.68. The summed E-state index contributed by atoms with van der Waals surface area (Å²) in [4.78, 5) is 4.70. The molecule has 0 fully saturated rings. The molecule has 104 valence electrons. The van der Waals surface area contributed by atoms with E-state index in [0.29, 0.717) is 6.04 Å². The number of imidazole rings is 1. The van der Waals surface area contributed by atoms with Crippen molar-refractivity contribution in [2.24, 2.45) is 7.05 Å². The second kappa shape index (κ2) is 6.17. The summed E-state index contributed by atoms with van der Waals surface area (Å²) in [5, 5.41) is 12.6. The van der Waals surface area contributed by atoms with Gasteiger partial charge in [0.1, 0.15) is 5.82 Å². The lowest BCUT2D eigenvalue weighted by Gasteiger charge is -2.21. The highest BCUT2D eigenvalue weighted by Gasteiger charge is 2.17. The molecule has 0 amide bonds. The third kappa shape index (κ3) is 2.96. The zero-order chi connectivity index (χ0) is 13.8. The quantitative estimate of drug-likeness (QED) is 0.839. The molecule has 19 heavy (non-hydrogen) atoms. The highest BCUT2D eigenvalue weighted by Crippen LogP contribution is 2.20. The van der Waals surface area contributed by atoms with E-state index in [2.05, 4.69) is 36.8 Å². The Kier molecular flexibility index (Phi) is 4.56. The SMILES string of the molecule is CCC(CCO)NC(C)c1nc2ccccc2n1C. The number of fused-ring (bicyclic) bond motifs is 1. The van der Waals surface area contributed by atoms with Crippen molar-refractivity contribution in [2.75, 3.05) is 6.61 Å². The fraction of sp³-hybridized carbons (Fsp3) is 0.533. The molecule has 0 spiro atoms. The molecule has 0 aliphatic rings. The van der Waals surface area contributed by atoms with Crippen molar-refractivity contribution < 1.29 is 5.11 Å². The molecule has 0 aliphatic heterocycles. The maximum Gasteiger partial charge on any atom is 0.126 e. The van der Waals surface area contributed by atoms with Gasteiger partial charge in [-0.3, -0.25) is 0 Å². The number of nitrogens with zero attached hydrogens (tertiary/aromatic N) is 2. The van der Waals surface area contributed by atoms with Crippen molar-refractivity contribution in [1.82, 2.24) is 14.9 Å². The minimum absolute atomic E-state index is 0.175. The molecule has 1 heterocycles. The predicted molar refractivity (Wildman–Crippen MR) is 78.0 cm³/mol. The van der Waals surface area contributed by atoms with Crippen LogP contribution in [0.4, 0.5) is 0 Å². The van der Waals surface area contributed by atoms with Gasteiger partial charge in [-0.25, -0.2) is 4.98 Å². The molecular weight excluding hydrogens is 238 g/mol. The lowest BCUT2D eigenvalue weighted by Crippen LogP contribution is -2.33. The molecular formula is C15H23N3O. The van der Waals surface area contributed by atoms with Crippen LogP contribution in [0.2, 0.25) is 0 Å². The van der Waals surface area contributed by atoms with Crippen LogP contribution in [-0.4, -0.2) is 27.3 Å². The van der Waals surface area contributed by atoms with Crippen molar-refractivity contribution in [2.45, 2.75) is 38.8 Å². The normalized spacial score (nSPS) is 14.7. The summed E-state index contributed by atoms with van der Waals surface area (Å²) in [5.74, 6) is 1.04. The zero-order valence-corrected chi connectivity index (χ0v) is 11.9. The zero-order valence-electron chi connectivity index (χ0n) is 11.9. The molecule has 0 saturated carbocycles. The van der Waals surface area contributed by atoms with Gasteiger partial charge in [0.15, 0.2) is 0 Å². The number of aryl methyl sites for hydroxylation is 1. The number of aliphatic hydroxyl groups is 1. The van der Waals surface area contributed by atoms with Gasteiger partial charge in [-0.1, -0.05) is 19.1 Å². The fourth-order valence-corrected chi connectivity index (χ4v) is 2.54. The monoisotopic (exact) mass is 261 g/mol. The summed E-state index contributed by atoms with van der Waals surface area (Å²) < 4.78 is 2.14. The Morgan fingerprint density at radius 2 is 2.11 bits per heavy atom. The third-order valence-corrected chi connectivity index (χ3v) is 3.67. The minimum Gasteiger partial charge on any atom is -0.396 e. The number of benzene rings is 1. The van der Waals surface area contributed by atoms with E-state index in [4.69, 9.17) is 10.1 Å². The van der Waals surface area contributed by atoms with E-state index in [-0.39, 0.29) is 12.6 Å². The summed E-state index contributed by atoms with van der Waals surface area (Å²) >= 11 is 0. The number of aliphatic hydroxyl groups excluding tert-OH is 1. The van der Waals surface area contributed by atoms with Crippen molar-refractivity contribution in [3.8, 4) is 0 Å². The molecule has 2 unspecified atom stereocenters. The van der Waals surface area contributed by atoms with Crippen LogP contribution in [0.3, 0.4) is 0 Å². The van der Waals surface area contributed by atoms with Crippen molar-refractivity contribution in [1.29, 1.82) is 0 Å². The lowest BCUT2D eigenvalue weighted by molar-refractivity contribution is 0.255. The number of hydrogen-bond donors (Lipinski definition) is 2. The molecule has 2 atom stereocenters. The van der Waals surface area contributed by atoms with Gasteiger partial charge in [0.25, 0.3) is 0 Å². The van der Waals surface area contributed by atoms with Crippen LogP contribution in [-0.2, 0) is 7.05 Å². The van der Waals surface area contributed by atoms with E-state index in [9.17, 15) is 0 Å². The molecule has 1 aromatic heterocycles. The van der Waals surface area contributed by atoms with Gasteiger partial charge in [-0.15, -0.1) is 0 Å². The summed E-state index contributed by atoms with van der Waals surface area (Å²) in [7, 11) is 2.05. The molecule has 2 aromatic rings. The van der Waals surface area contributed by atoms with Crippen LogP contribution < -0.4 is 5.32 Å². The van der Waals surface area contributed by atoms with Crippen LogP contribution in [0.15, 0.2) is 24.3 Å². The standard InChI is InChI=1S/C15H23N3O/c1-4-12(9-10-19)16-11(2)15-17-13-7-5-6-8-14(13)18(15)3/h5-8,11-12,16,19H,4,9-10H2,1-3H3. The van der Waals surface area contributed by atoms with Gasteiger partial charge in [0.05, 0.1) is 17.1 Å². The largest absolute Gasteiger partial charge is 0.396 e. The third-order valence-electron chi connectivity index (χ3n) is 3.67. The van der Waals surface area contributed by atoms with Gasteiger partial charge in [-0.2, -0.15) is 0 Å². The van der Waals surface area contributed by atoms with Crippen LogP contribution in [0, 0.1) is 0 Å². The van der Waals surface area contributed by atoms with Crippen molar-refractivity contribution in [3.63, 3.8) is 0 Å². The van der Waals surface area contributed by atoms with E-state index >= 15 is 0 Å². The Balaban J connectivity index is 2.21. The maximum atomic E-state index is 9.06. The van der Waals surface area contributed by atoms with Gasteiger partial charge in [0, 0.05) is 19.7 Å². The molecule has 2 rings (SSSR count). The second-order valence-corrected chi connectivity index (χ2v) is 5.02. The predicted octanol–water partition coefficient (Wildman–Crippen LogP) is 2.38. The summed E-state index contributed by atoms with van der Waals surface area (Å²) in [6.45, 7) is 4.48. The Morgan fingerprint density at radius 3 is 2.74 bits per heavy atom. The fourth-order valence-electron chi connectivity index (χ4n) is 2.54. The average Bonchev–Trinajstić information content (AvgIpc) is 2.76. The van der Waals surface area contributed by atoms with E-state index < -0.39 is 0 Å². The summed E-state index contributed by atoms with van der Waals surface area (Å²) in [5.41, 5.74) is 2.19. The Hall–Kier alpha value is -1.39. The first-order valence-corrected chi connectivity index (χ1v) is 6.95. The Labute approximate surface area is 114 Å². The smallest absolute Gasteiger partial charge is 0.126 e. The molecule has 4 nitrogen and oxygen atoms in total. The maximum absolute atomic E-state index is 9.06. The van der Waals surface area contributed by atoms with E-state index in [0.717, 1.165) is 29.7 Å². The lowest BCUT2D eigenvalue weighted by atomic mass is 10.1. The highest BCUT2D eigenvalue weighted by atomic mass is 16.3. The van der Waals surface area contributed by atoms with E-state index in [1.165, 1.54) is 0 Å². The molecule has 0 bridgehead atoms. The van der Waals surface area contributed by atoms with Gasteiger partial charge in [0.2, 0.25) is 0 Å². The summed E-state index contributed by atoms with van der Waals surface area (Å²) in [6.07, 6.45) is 1.79. The van der Waals surface area contributed by atoms with E-state index in [1.54, 1.807) is 0 Å². The first-order valence-electron chi connectivity index (χ1n) is 6.95. The molecule has 4 heteroatoms. The first-order chi connectivity index (χ1) is 9.17. The van der Waals surface area contributed by atoms with Crippen molar-refractivity contribution >= 4 is 11.0 Å². The molecule has 0 aliphatic carbocycles. The Morgan fingerprint density at radius 1 is 1.37 bits per heavy atom. The number of para-hydroxylation sites is 2. The van der Waals surface area contributed by atoms with E-state index in [1.807, 2.05) is 18.2 Å². The van der Waals surface area contributed by atoms with Crippen LogP contribution in [0.1, 0.15) is 38.6 Å². The minimum atomic E-state index is 0.175. The van der Waals surface area contributed by atoms with Gasteiger partial charge < -0.3 is 15.0 Å².